The normalized spacial score (nSPS) is 14.4. The van der Waals surface area contributed by atoms with Crippen molar-refractivity contribution in [3.05, 3.63) is 65.6 Å². The first-order valence-corrected chi connectivity index (χ1v) is 11.1. The number of nitrogens with zero attached hydrogens (tertiary/aromatic N) is 4. The fourth-order valence-electron chi connectivity index (χ4n) is 4.34. The number of fused-ring (bicyclic) bond motifs is 2. The minimum atomic E-state index is 0.499. The molecule has 1 aliphatic carbocycles. The van der Waals surface area contributed by atoms with Crippen LogP contribution in [-0.4, -0.2) is 19.4 Å². The highest BCUT2D eigenvalue weighted by Gasteiger charge is 2.27. The van der Waals surface area contributed by atoms with Crippen LogP contribution in [0.3, 0.4) is 0 Å². The largest absolute Gasteiger partial charge is 0.382 e. The molecule has 0 bridgehead atoms. The van der Waals surface area contributed by atoms with Gasteiger partial charge in [-0.3, -0.25) is 4.40 Å². The van der Waals surface area contributed by atoms with E-state index >= 15 is 0 Å². The van der Waals surface area contributed by atoms with Gasteiger partial charge in [-0.25, -0.2) is 15.0 Å². The molecule has 30 heavy (non-hydrogen) atoms. The highest BCUT2D eigenvalue weighted by Crippen LogP contribution is 2.39. The third-order valence-electron chi connectivity index (χ3n) is 6.14. The smallest absolute Gasteiger partial charge is 0.150 e. The summed E-state index contributed by atoms with van der Waals surface area (Å²) in [5.74, 6) is 2.11. The summed E-state index contributed by atoms with van der Waals surface area (Å²) >= 11 is 1.71. The maximum atomic E-state index is 6.31. The van der Waals surface area contributed by atoms with Gasteiger partial charge in [0, 0.05) is 29.3 Å². The van der Waals surface area contributed by atoms with E-state index < -0.39 is 0 Å². The summed E-state index contributed by atoms with van der Waals surface area (Å²) in [5, 5.41) is 3.25. The van der Waals surface area contributed by atoms with Crippen LogP contribution in [0.2, 0.25) is 0 Å². The van der Waals surface area contributed by atoms with E-state index in [1.165, 1.54) is 29.7 Å². The number of aromatic nitrogens is 4. The summed E-state index contributed by atoms with van der Waals surface area (Å²) in [6, 6.07) is 12.7. The van der Waals surface area contributed by atoms with Gasteiger partial charge in [-0.15, -0.1) is 11.3 Å². The summed E-state index contributed by atoms with van der Waals surface area (Å²) < 4.78 is 2.13. The van der Waals surface area contributed by atoms with Crippen LogP contribution in [0.4, 0.5) is 5.82 Å². The fraction of sp³-hybridized carbons (Fsp3) is 0.208. The van der Waals surface area contributed by atoms with Crippen LogP contribution in [-0.2, 0) is 0 Å². The van der Waals surface area contributed by atoms with Gasteiger partial charge in [0.1, 0.15) is 22.9 Å². The Labute approximate surface area is 178 Å². The number of aryl methyl sites for hydroxylation is 1. The molecule has 5 nitrogen and oxygen atoms in total. The molecule has 0 radical (unpaired) electrons. The van der Waals surface area contributed by atoms with Crippen LogP contribution < -0.4 is 5.73 Å². The fourth-order valence-corrected chi connectivity index (χ4v) is 5.03. The molecular weight excluding hydrogens is 390 g/mol. The number of imidazole rings is 1. The Kier molecular flexibility index (Phi) is 3.89. The zero-order valence-electron chi connectivity index (χ0n) is 16.7. The third-order valence-corrected chi connectivity index (χ3v) is 7.04. The SMILES string of the molecule is Cc1cc(-c2cccs2)nc2cc(-c3nc(C4CCC4)n4ccnc(N)c34)ccc12. The van der Waals surface area contributed by atoms with Crippen LogP contribution >= 0.6 is 11.3 Å². The van der Waals surface area contributed by atoms with Crippen molar-refractivity contribution in [1.82, 2.24) is 19.4 Å². The Bertz CT molecular complexity index is 1400. The molecule has 6 rings (SSSR count). The van der Waals surface area contributed by atoms with E-state index in [0.29, 0.717) is 11.7 Å². The van der Waals surface area contributed by atoms with Crippen molar-refractivity contribution >= 4 is 33.6 Å². The quantitative estimate of drug-likeness (QED) is 0.405. The van der Waals surface area contributed by atoms with Crippen molar-refractivity contribution < 1.29 is 0 Å². The van der Waals surface area contributed by atoms with Gasteiger partial charge in [0.15, 0.2) is 0 Å². The number of anilines is 1. The summed E-state index contributed by atoms with van der Waals surface area (Å²) in [5.41, 5.74) is 12.3. The first-order chi connectivity index (χ1) is 14.7. The van der Waals surface area contributed by atoms with E-state index in [4.69, 9.17) is 15.7 Å². The molecule has 2 N–H and O–H groups in total. The molecule has 4 heterocycles. The van der Waals surface area contributed by atoms with Crippen molar-refractivity contribution in [2.24, 2.45) is 0 Å². The molecular formula is C24H21N5S. The number of thiophene rings is 1. The number of pyridine rings is 1. The van der Waals surface area contributed by atoms with E-state index in [2.05, 4.69) is 58.1 Å². The van der Waals surface area contributed by atoms with Crippen molar-refractivity contribution in [2.45, 2.75) is 32.1 Å². The Hall–Kier alpha value is -3.25. The maximum Gasteiger partial charge on any atom is 0.150 e. The molecule has 4 aromatic heterocycles. The predicted octanol–water partition coefficient (Wildman–Crippen LogP) is 5.83. The Morgan fingerprint density at radius 3 is 2.80 bits per heavy atom. The second kappa shape index (κ2) is 6.64. The van der Waals surface area contributed by atoms with Gasteiger partial charge in [0.25, 0.3) is 0 Å². The average Bonchev–Trinajstić information content (AvgIpc) is 3.36. The van der Waals surface area contributed by atoms with Crippen LogP contribution in [0.15, 0.2) is 54.2 Å². The highest BCUT2D eigenvalue weighted by atomic mass is 32.1. The van der Waals surface area contributed by atoms with Gasteiger partial charge in [0.2, 0.25) is 0 Å². The molecule has 0 atom stereocenters. The number of benzene rings is 1. The standard InChI is InChI=1S/C24H21N5S/c1-14-12-19(20-6-3-11-30-20)27-18-13-16(7-8-17(14)18)21-22-23(25)26-9-10-29(22)24(28-21)15-4-2-5-15/h3,6-13,15H,2,4-5H2,1H3,(H2,25,26). The monoisotopic (exact) mass is 411 g/mol. The van der Waals surface area contributed by atoms with Crippen molar-refractivity contribution in [1.29, 1.82) is 0 Å². The number of nitrogens with two attached hydrogens (primary N) is 1. The molecule has 0 saturated heterocycles. The Morgan fingerprint density at radius 2 is 2.03 bits per heavy atom. The lowest BCUT2D eigenvalue weighted by atomic mass is 9.85. The molecule has 148 valence electrons. The van der Waals surface area contributed by atoms with Gasteiger partial charge in [0.05, 0.1) is 16.1 Å². The molecule has 0 spiro atoms. The van der Waals surface area contributed by atoms with Gasteiger partial charge in [-0.2, -0.15) is 0 Å². The highest BCUT2D eigenvalue weighted by molar-refractivity contribution is 7.13. The second-order valence-corrected chi connectivity index (χ2v) is 8.96. The predicted molar refractivity (Wildman–Crippen MR) is 123 cm³/mol. The van der Waals surface area contributed by atoms with Crippen molar-refractivity contribution in [2.75, 3.05) is 5.73 Å². The molecule has 0 aliphatic heterocycles. The van der Waals surface area contributed by atoms with Crippen LogP contribution in [0.25, 0.3) is 38.2 Å². The lowest BCUT2D eigenvalue weighted by molar-refractivity contribution is 0.400. The van der Waals surface area contributed by atoms with Gasteiger partial charge >= 0.3 is 0 Å². The number of nitrogen functional groups attached to an aromatic ring is 1. The molecule has 1 saturated carbocycles. The first kappa shape index (κ1) is 17.6. The lowest BCUT2D eigenvalue weighted by Crippen LogP contribution is -2.12. The van der Waals surface area contributed by atoms with Gasteiger partial charge in [-0.1, -0.05) is 24.6 Å². The second-order valence-electron chi connectivity index (χ2n) is 8.01. The van der Waals surface area contributed by atoms with Gasteiger partial charge < -0.3 is 5.73 Å². The zero-order chi connectivity index (χ0) is 20.2. The average molecular weight is 412 g/mol. The van der Waals surface area contributed by atoms with E-state index in [-0.39, 0.29) is 0 Å². The number of rotatable bonds is 3. The third kappa shape index (κ3) is 2.64. The minimum absolute atomic E-state index is 0.499. The van der Waals surface area contributed by atoms with E-state index in [1.807, 2.05) is 6.20 Å². The van der Waals surface area contributed by atoms with Crippen molar-refractivity contribution in [3.8, 4) is 21.8 Å². The summed E-state index contributed by atoms with van der Waals surface area (Å²) in [6.45, 7) is 2.14. The molecule has 5 aromatic rings. The lowest BCUT2D eigenvalue weighted by Gasteiger charge is -2.23. The van der Waals surface area contributed by atoms with Crippen LogP contribution in [0, 0.1) is 6.92 Å². The molecule has 0 unspecified atom stereocenters. The van der Waals surface area contributed by atoms with Crippen molar-refractivity contribution in [3.63, 3.8) is 0 Å². The summed E-state index contributed by atoms with van der Waals surface area (Å²) in [7, 11) is 0. The topological polar surface area (TPSA) is 69.1 Å². The zero-order valence-corrected chi connectivity index (χ0v) is 17.5. The van der Waals surface area contributed by atoms with Crippen LogP contribution in [0.5, 0.6) is 0 Å². The molecule has 6 heteroatoms. The maximum absolute atomic E-state index is 6.31. The number of hydrogen-bond donors (Lipinski definition) is 1. The molecule has 0 amide bonds. The Morgan fingerprint density at radius 1 is 1.13 bits per heavy atom. The molecule has 1 aromatic carbocycles. The minimum Gasteiger partial charge on any atom is -0.382 e. The van der Waals surface area contributed by atoms with E-state index in [1.54, 1.807) is 17.5 Å². The van der Waals surface area contributed by atoms with E-state index in [9.17, 15) is 0 Å². The summed E-state index contributed by atoms with van der Waals surface area (Å²) in [4.78, 5) is 15.5. The molecule has 1 fully saturated rings. The van der Waals surface area contributed by atoms with Crippen LogP contribution in [0.1, 0.15) is 36.6 Å². The van der Waals surface area contributed by atoms with E-state index in [0.717, 1.165) is 39.2 Å². The van der Waals surface area contributed by atoms with Gasteiger partial charge in [-0.05, 0) is 48.9 Å². The number of hydrogen-bond acceptors (Lipinski definition) is 5. The summed E-state index contributed by atoms with van der Waals surface area (Å²) in [6.07, 6.45) is 7.37. The molecule has 1 aliphatic rings. The Balaban J connectivity index is 1.57. The first-order valence-electron chi connectivity index (χ1n) is 10.3.